The van der Waals surface area contributed by atoms with Crippen LogP contribution in [0.3, 0.4) is 0 Å². The maximum atomic E-state index is 5.80. The van der Waals surface area contributed by atoms with E-state index < -0.39 is 0 Å². The molecule has 2 unspecified atom stereocenters. The van der Waals surface area contributed by atoms with Crippen molar-refractivity contribution < 1.29 is 33.6 Å². The summed E-state index contributed by atoms with van der Waals surface area (Å²) in [4.78, 5) is 0. The van der Waals surface area contributed by atoms with E-state index in [1.165, 1.54) is 19.3 Å². The van der Waals surface area contributed by atoms with Crippen molar-refractivity contribution in [3.8, 4) is 0 Å². The molecule has 0 bridgehead atoms. The Hall–Kier alpha value is 1.08. The molecule has 0 aromatic heterocycles. The third-order valence-electron chi connectivity index (χ3n) is 3.66. The SMILES string of the molecule is CC.[B]CC1(CC)CC(C)[C@@H](C)C1.[Co].[Co]. The zero-order valence-corrected chi connectivity index (χ0v) is 12.8. The molecule has 0 amide bonds. The van der Waals surface area contributed by atoms with E-state index in [9.17, 15) is 0 Å². The van der Waals surface area contributed by atoms with Gasteiger partial charge in [0.25, 0.3) is 0 Å². The first kappa shape index (κ1) is 21.4. The van der Waals surface area contributed by atoms with Crippen LogP contribution in [0.5, 0.6) is 0 Å². The third-order valence-corrected chi connectivity index (χ3v) is 3.66. The van der Waals surface area contributed by atoms with Crippen molar-refractivity contribution in [2.45, 2.75) is 60.2 Å². The van der Waals surface area contributed by atoms with E-state index in [0.29, 0.717) is 5.41 Å². The summed E-state index contributed by atoms with van der Waals surface area (Å²) < 4.78 is 0. The maximum Gasteiger partial charge on any atom is 0.0660 e. The van der Waals surface area contributed by atoms with E-state index in [1.807, 2.05) is 13.8 Å². The Bertz CT molecular complexity index is 124. The van der Waals surface area contributed by atoms with Crippen LogP contribution in [0.1, 0.15) is 53.9 Å². The molecule has 0 heterocycles. The van der Waals surface area contributed by atoms with Crippen LogP contribution in [0.2, 0.25) is 6.32 Å². The van der Waals surface area contributed by atoms with Gasteiger partial charge in [-0.05, 0) is 30.1 Å². The second-order valence-corrected chi connectivity index (χ2v) is 4.42. The van der Waals surface area contributed by atoms with Crippen LogP contribution in [0, 0.1) is 17.3 Å². The van der Waals surface area contributed by atoms with Gasteiger partial charge in [-0.15, -0.1) is 0 Å². The van der Waals surface area contributed by atoms with Gasteiger partial charge in [0.05, 0.1) is 7.85 Å². The summed E-state index contributed by atoms with van der Waals surface area (Å²) in [5.74, 6) is 1.77. The number of hydrogen-bond donors (Lipinski definition) is 0. The molecule has 0 spiro atoms. The summed E-state index contributed by atoms with van der Waals surface area (Å²) in [6.45, 7) is 11.0. The first-order valence-electron chi connectivity index (χ1n) is 5.83. The van der Waals surface area contributed by atoms with Gasteiger partial charge in [-0.1, -0.05) is 47.4 Å². The monoisotopic (exact) mass is 298 g/mol. The van der Waals surface area contributed by atoms with E-state index in [1.54, 1.807) is 0 Å². The predicted molar refractivity (Wildman–Crippen MR) is 62.2 cm³/mol. The molecule has 0 aliphatic heterocycles. The number of hydrogen-bond acceptors (Lipinski definition) is 0. The van der Waals surface area contributed by atoms with Crippen molar-refractivity contribution >= 4 is 7.85 Å². The minimum absolute atomic E-state index is 0. The van der Waals surface area contributed by atoms with Crippen LogP contribution in [-0.2, 0) is 33.6 Å². The Kier molecular flexibility index (Phi) is 14.6. The Labute approximate surface area is 119 Å². The summed E-state index contributed by atoms with van der Waals surface area (Å²) in [5.41, 5.74) is 0.499. The normalized spacial score (nSPS) is 33.1. The molecule has 1 rings (SSSR count). The van der Waals surface area contributed by atoms with Crippen LogP contribution in [-0.4, -0.2) is 7.85 Å². The molecule has 0 N–H and O–H groups in total. The molecule has 0 saturated heterocycles. The minimum atomic E-state index is 0. The average molecular weight is 298 g/mol. The Morgan fingerprint density at radius 1 is 1.07 bits per heavy atom. The van der Waals surface area contributed by atoms with E-state index in [2.05, 4.69) is 20.8 Å². The summed E-state index contributed by atoms with van der Waals surface area (Å²) >= 11 is 0. The summed E-state index contributed by atoms with van der Waals surface area (Å²) in [6.07, 6.45) is 4.85. The van der Waals surface area contributed by atoms with E-state index in [-0.39, 0.29) is 33.6 Å². The zero-order chi connectivity index (χ0) is 10.5. The first-order chi connectivity index (χ1) is 6.13. The van der Waals surface area contributed by atoms with Crippen LogP contribution >= 0.6 is 0 Å². The van der Waals surface area contributed by atoms with Gasteiger partial charge >= 0.3 is 0 Å². The van der Waals surface area contributed by atoms with Gasteiger partial charge in [0, 0.05) is 33.6 Å². The Morgan fingerprint density at radius 2 is 1.40 bits per heavy atom. The third kappa shape index (κ3) is 5.80. The fourth-order valence-electron chi connectivity index (χ4n) is 2.45. The van der Waals surface area contributed by atoms with Gasteiger partial charge < -0.3 is 0 Å². The van der Waals surface area contributed by atoms with Crippen LogP contribution in [0.25, 0.3) is 0 Å². The molecule has 3 atom stereocenters. The molecule has 15 heavy (non-hydrogen) atoms. The summed E-state index contributed by atoms with van der Waals surface area (Å²) in [7, 11) is 5.80. The first-order valence-corrected chi connectivity index (χ1v) is 5.83. The molecule has 1 saturated carbocycles. The molecule has 3 heteroatoms. The van der Waals surface area contributed by atoms with Gasteiger partial charge in [-0.25, -0.2) is 0 Å². The summed E-state index contributed by atoms with van der Waals surface area (Å²) in [5, 5.41) is 0. The molecular formula is C12H25BCo2. The molecule has 1 aliphatic rings. The molecule has 1 aliphatic carbocycles. The largest absolute Gasteiger partial charge is 0.0831 e. The van der Waals surface area contributed by atoms with Crippen molar-refractivity contribution in [3.05, 3.63) is 0 Å². The van der Waals surface area contributed by atoms with Crippen molar-refractivity contribution in [1.29, 1.82) is 0 Å². The van der Waals surface area contributed by atoms with Gasteiger partial charge in [0.1, 0.15) is 0 Å². The van der Waals surface area contributed by atoms with Crippen molar-refractivity contribution in [2.24, 2.45) is 17.3 Å². The zero-order valence-electron chi connectivity index (χ0n) is 10.7. The molecule has 0 aromatic carbocycles. The molecule has 0 nitrogen and oxygen atoms in total. The van der Waals surface area contributed by atoms with Crippen molar-refractivity contribution in [1.82, 2.24) is 0 Å². The van der Waals surface area contributed by atoms with Crippen LogP contribution in [0.4, 0.5) is 0 Å². The Balaban J connectivity index is -0.000000339. The molecular weight excluding hydrogens is 273 g/mol. The smallest absolute Gasteiger partial charge is 0.0660 e. The van der Waals surface area contributed by atoms with E-state index in [0.717, 1.165) is 18.2 Å². The summed E-state index contributed by atoms with van der Waals surface area (Å²) in [6, 6.07) is 0. The van der Waals surface area contributed by atoms with Gasteiger partial charge in [0.2, 0.25) is 0 Å². The fourth-order valence-corrected chi connectivity index (χ4v) is 2.45. The van der Waals surface area contributed by atoms with Crippen LogP contribution in [0.15, 0.2) is 0 Å². The van der Waals surface area contributed by atoms with Gasteiger partial charge in [-0.3, -0.25) is 0 Å². The topological polar surface area (TPSA) is 0 Å². The second-order valence-electron chi connectivity index (χ2n) is 4.42. The molecule has 1 fully saturated rings. The van der Waals surface area contributed by atoms with E-state index in [4.69, 9.17) is 7.85 Å². The maximum absolute atomic E-state index is 5.80. The predicted octanol–water partition coefficient (Wildman–Crippen LogP) is 4.06. The average Bonchev–Trinajstić information content (AvgIpc) is 2.47. The van der Waals surface area contributed by atoms with E-state index >= 15 is 0 Å². The minimum Gasteiger partial charge on any atom is -0.0831 e. The quantitative estimate of drug-likeness (QED) is 0.674. The standard InChI is InChI=1S/C10H19B.C2H6.2Co/c1-4-10(7-11)5-8(2)9(3)6-10;1-2;;/h8-9H,4-7H2,1-3H3;1-2H3;;/t8-,9?,10?;;;/m0.../s1. The molecule has 0 aromatic rings. The number of rotatable bonds is 2. The second kappa shape index (κ2) is 10.2. The van der Waals surface area contributed by atoms with Crippen LogP contribution < -0.4 is 0 Å². The van der Waals surface area contributed by atoms with Crippen molar-refractivity contribution in [2.75, 3.05) is 0 Å². The van der Waals surface area contributed by atoms with Gasteiger partial charge in [0.15, 0.2) is 0 Å². The van der Waals surface area contributed by atoms with Crippen molar-refractivity contribution in [3.63, 3.8) is 0 Å². The molecule has 4 radical (unpaired) electrons. The van der Waals surface area contributed by atoms with Gasteiger partial charge in [-0.2, -0.15) is 0 Å². The molecule has 94 valence electrons. The fraction of sp³-hybridized carbons (Fsp3) is 1.00. The Morgan fingerprint density at radius 3 is 1.53 bits per heavy atom.